The second-order valence-corrected chi connectivity index (χ2v) is 8.40. The summed E-state index contributed by atoms with van der Waals surface area (Å²) in [5.41, 5.74) is 2.54. The van der Waals surface area contributed by atoms with Crippen molar-refractivity contribution in [3.8, 4) is 17.6 Å². The Kier molecular flexibility index (Phi) is 6.63. The molecule has 3 rings (SSSR count). The van der Waals surface area contributed by atoms with Crippen molar-refractivity contribution >= 4 is 28.2 Å². The Morgan fingerprint density at radius 1 is 1.27 bits per heavy atom. The summed E-state index contributed by atoms with van der Waals surface area (Å²) in [6.45, 7) is 3.54. The average Bonchev–Trinajstić information content (AvgIpc) is 3.07. The summed E-state index contributed by atoms with van der Waals surface area (Å²) < 4.78 is 15.7. The maximum Gasteiger partial charge on any atom is 0.338 e. The number of thiophene rings is 1. The fraction of sp³-hybridized carbons (Fsp3) is 0.409. The smallest absolute Gasteiger partial charge is 0.338 e. The van der Waals surface area contributed by atoms with Crippen LogP contribution < -0.4 is 14.8 Å². The number of anilines is 1. The molecule has 1 aromatic carbocycles. The molecule has 1 heterocycles. The van der Waals surface area contributed by atoms with Gasteiger partial charge in [-0.1, -0.05) is 6.92 Å². The summed E-state index contributed by atoms with van der Waals surface area (Å²) in [6.07, 6.45) is 2.79. The Labute approximate surface area is 179 Å². The molecular weight excluding hydrogens is 404 g/mol. The number of rotatable bonds is 6. The lowest BCUT2D eigenvalue weighted by molar-refractivity contribution is -0.119. The van der Waals surface area contributed by atoms with E-state index in [0.29, 0.717) is 28.0 Å². The number of fused-ring (bicyclic) bond motifs is 1. The number of carbonyl (C=O) groups excluding carboxylic acids is 2. The number of carbonyl (C=O) groups is 2. The van der Waals surface area contributed by atoms with E-state index in [0.717, 1.165) is 35.3 Å². The molecule has 7 nitrogen and oxygen atoms in total. The molecule has 0 fully saturated rings. The maximum atomic E-state index is 12.4. The van der Waals surface area contributed by atoms with Gasteiger partial charge in [0.25, 0.3) is 5.91 Å². The third kappa shape index (κ3) is 4.41. The molecule has 1 aromatic heterocycles. The van der Waals surface area contributed by atoms with E-state index in [1.807, 2.05) is 6.92 Å². The number of ether oxygens (including phenoxy) is 3. The molecule has 0 radical (unpaired) electrons. The van der Waals surface area contributed by atoms with Gasteiger partial charge in [0.2, 0.25) is 0 Å². The number of nitrogens with one attached hydrogen (secondary N) is 1. The van der Waals surface area contributed by atoms with E-state index in [4.69, 9.17) is 14.2 Å². The second-order valence-electron chi connectivity index (χ2n) is 7.30. The number of hydrogen-bond donors (Lipinski definition) is 1. The average molecular weight is 429 g/mol. The highest BCUT2D eigenvalue weighted by Gasteiger charge is 2.25. The highest BCUT2D eigenvalue weighted by molar-refractivity contribution is 7.16. The Morgan fingerprint density at radius 3 is 2.53 bits per heavy atom. The molecule has 1 amide bonds. The van der Waals surface area contributed by atoms with Crippen molar-refractivity contribution < 1.29 is 23.8 Å². The van der Waals surface area contributed by atoms with Gasteiger partial charge in [-0.05, 0) is 49.8 Å². The minimum atomic E-state index is -0.665. The largest absolute Gasteiger partial charge is 0.496 e. The van der Waals surface area contributed by atoms with Gasteiger partial charge in [0, 0.05) is 10.4 Å². The second kappa shape index (κ2) is 9.18. The van der Waals surface area contributed by atoms with Crippen LogP contribution in [0.1, 0.15) is 45.3 Å². The first-order chi connectivity index (χ1) is 14.4. The topological polar surface area (TPSA) is 97.6 Å². The van der Waals surface area contributed by atoms with Gasteiger partial charge in [-0.25, -0.2) is 4.79 Å². The first-order valence-corrected chi connectivity index (χ1v) is 10.4. The molecule has 2 aromatic rings. The molecule has 0 saturated carbocycles. The SMILES string of the molecule is COc1cc(C(=O)OCC(=O)Nc2sc3c(c2C#N)CCC(C)C3)cc(OC)c1C. The number of benzene rings is 1. The first-order valence-electron chi connectivity index (χ1n) is 9.62. The van der Waals surface area contributed by atoms with E-state index in [2.05, 4.69) is 18.3 Å². The molecule has 0 saturated heterocycles. The Morgan fingerprint density at radius 2 is 1.93 bits per heavy atom. The zero-order valence-corrected chi connectivity index (χ0v) is 18.3. The number of nitriles is 1. The summed E-state index contributed by atoms with van der Waals surface area (Å²) >= 11 is 1.43. The van der Waals surface area contributed by atoms with Crippen molar-refractivity contribution in [3.63, 3.8) is 0 Å². The summed E-state index contributed by atoms with van der Waals surface area (Å²) in [4.78, 5) is 25.9. The zero-order chi connectivity index (χ0) is 21.8. The number of amides is 1. The van der Waals surface area contributed by atoms with Gasteiger partial charge in [-0.15, -0.1) is 11.3 Å². The molecular formula is C22H24N2O5S. The van der Waals surface area contributed by atoms with Crippen molar-refractivity contribution in [2.45, 2.75) is 33.1 Å². The van der Waals surface area contributed by atoms with E-state index >= 15 is 0 Å². The van der Waals surface area contributed by atoms with E-state index in [1.54, 1.807) is 12.1 Å². The van der Waals surface area contributed by atoms with Crippen molar-refractivity contribution in [1.29, 1.82) is 5.26 Å². The molecule has 1 aliphatic rings. The molecule has 8 heteroatoms. The molecule has 0 spiro atoms. The van der Waals surface area contributed by atoms with E-state index in [1.165, 1.54) is 25.6 Å². The summed E-state index contributed by atoms with van der Waals surface area (Å²) in [5, 5.41) is 12.8. The number of esters is 1. The third-order valence-electron chi connectivity index (χ3n) is 5.20. The molecule has 1 N–H and O–H groups in total. The predicted octanol–water partition coefficient (Wildman–Crippen LogP) is 3.87. The lowest BCUT2D eigenvalue weighted by Gasteiger charge is -2.17. The molecule has 158 valence electrons. The summed E-state index contributed by atoms with van der Waals surface area (Å²) in [6, 6.07) is 5.29. The lowest BCUT2D eigenvalue weighted by atomic mass is 9.89. The fourth-order valence-electron chi connectivity index (χ4n) is 3.54. The van der Waals surface area contributed by atoms with Gasteiger partial charge < -0.3 is 19.5 Å². The van der Waals surface area contributed by atoms with Crippen molar-refractivity contribution in [2.24, 2.45) is 5.92 Å². The summed E-state index contributed by atoms with van der Waals surface area (Å²) in [7, 11) is 3.00. The highest BCUT2D eigenvalue weighted by atomic mass is 32.1. The van der Waals surface area contributed by atoms with E-state index in [9.17, 15) is 14.9 Å². The highest BCUT2D eigenvalue weighted by Crippen LogP contribution is 2.39. The van der Waals surface area contributed by atoms with Crippen molar-refractivity contribution in [1.82, 2.24) is 0 Å². The van der Waals surface area contributed by atoms with Gasteiger partial charge in [-0.2, -0.15) is 5.26 Å². The molecule has 0 aliphatic heterocycles. The van der Waals surface area contributed by atoms with Gasteiger partial charge in [0.1, 0.15) is 22.6 Å². The molecule has 30 heavy (non-hydrogen) atoms. The van der Waals surface area contributed by atoms with Crippen LogP contribution in [0, 0.1) is 24.2 Å². The molecule has 1 aliphatic carbocycles. The number of nitrogens with zero attached hydrogens (tertiary/aromatic N) is 1. The minimum absolute atomic E-state index is 0.223. The van der Waals surface area contributed by atoms with Crippen LogP contribution in [0.15, 0.2) is 12.1 Å². The minimum Gasteiger partial charge on any atom is -0.496 e. The van der Waals surface area contributed by atoms with E-state index < -0.39 is 18.5 Å². The Balaban J connectivity index is 1.67. The van der Waals surface area contributed by atoms with Gasteiger partial charge in [0.05, 0.1) is 25.3 Å². The standard InChI is InChI=1S/C22H24N2O5S/c1-12-5-6-15-16(10-23)21(30-19(15)7-12)24-20(25)11-29-22(26)14-8-17(27-3)13(2)18(9-14)28-4/h8-9,12H,5-7,11H2,1-4H3,(H,24,25). The van der Waals surface area contributed by atoms with Crippen molar-refractivity contribution in [3.05, 3.63) is 39.3 Å². The van der Waals surface area contributed by atoms with Crippen LogP contribution in [-0.2, 0) is 22.4 Å². The lowest BCUT2D eigenvalue weighted by Crippen LogP contribution is -2.21. The summed E-state index contributed by atoms with van der Waals surface area (Å²) in [5.74, 6) is 0.389. The van der Waals surface area contributed by atoms with Crippen LogP contribution in [0.4, 0.5) is 5.00 Å². The molecule has 1 unspecified atom stereocenters. The molecule has 0 bridgehead atoms. The monoisotopic (exact) mass is 428 g/mol. The van der Waals surface area contributed by atoms with Crippen LogP contribution in [-0.4, -0.2) is 32.7 Å². The van der Waals surface area contributed by atoms with Crippen LogP contribution in [0.3, 0.4) is 0 Å². The zero-order valence-electron chi connectivity index (χ0n) is 17.5. The van der Waals surface area contributed by atoms with Crippen LogP contribution >= 0.6 is 11.3 Å². The number of hydrogen-bond acceptors (Lipinski definition) is 7. The quantitative estimate of drug-likeness (QED) is 0.702. The van der Waals surface area contributed by atoms with Crippen LogP contribution in [0.25, 0.3) is 0 Å². The van der Waals surface area contributed by atoms with Crippen molar-refractivity contribution in [2.75, 3.05) is 26.1 Å². The predicted molar refractivity (Wildman–Crippen MR) is 113 cm³/mol. The van der Waals surface area contributed by atoms with Gasteiger partial charge in [-0.3, -0.25) is 4.79 Å². The maximum absolute atomic E-state index is 12.4. The molecule has 1 atom stereocenters. The van der Waals surface area contributed by atoms with Crippen LogP contribution in [0.2, 0.25) is 0 Å². The third-order valence-corrected chi connectivity index (χ3v) is 6.37. The van der Waals surface area contributed by atoms with E-state index in [-0.39, 0.29) is 5.56 Å². The Hall–Kier alpha value is -3.05. The van der Waals surface area contributed by atoms with Gasteiger partial charge in [0.15, 0.2) is 6.61 Å². The Bertz CT molecular complexity index is 996. The number of methoxy groups -OCH3 is 2. The van der Waals surface area contributed by atoms with Gasteiger partial charge >= 0.3 is 5.97 Å². The normalized spacial score (nSPS) is 15.0. The fourth-order valence-corrected chi connectivity index (χ4v) is 4.92. The first kappa shape index (κ1) is 21.7. The van der Waals surface area contributed by atoms with Crippen LogP contribution in [0.5, 0.6) is 11.5 Å².